The lowest BCUT2D eigenvalue weighted by Crippen LogP contribution is -2.35. The van der Waals surface area contributed by atoms with E-state index in [2.05, 4.69) is 5.32 Å². The molecule has 1 amide bonds. The van der Waals surface area contributed by atoms with E-state index in [9.17, 15) is 19.8 Å². The number of hydrogen-bond acceptors (Lipinski definition) is 7. The lowest BCUT2D eigenvalue weighted by atomic mass is 10.0. The Hall–Kier alpha value is -3.10. The van der Waals surface area contributed by atoms with Gasteiger partial charge < -0.3 is 29.7 Å². The van der Waals surface area contributed by atoms with Gasteiger partial charge in [0.15, 0.2) is 6.29 Å². The highest BCUT2D eigenvalue weighted by Crippen LogP contribution is 2.33. The van der Waals surface area contributed by atoms with Crippen LogP contribution in [0.2, 0.25) is 0 Å². The Balaban J connectivity index is 1.97. The van der Waals surface area contributed by atoms with Crippen LogP contribution in [0.5, 0.6) is 11.5 Å². The second-order valence-electron chi connectivity index (χ2n) is 5.91. The van der Waals surface area contributed by atoms with Crippen LogP contribution in [0.15, 0.2) is 42.5 Å². The van der Waals surface area contributed by atoms with Crippen LogP contribution in [-0.2, 0) is 11.3 Å². The van der Waals surface area contributed by atoms with Gasteiger partial charge in [0.25, 0.3) is 0 Å². The molecule has 28 heavy (non-hydrogen) atoms. The van der Waals surface area contributed by atoms with Crippen LogP contribution in [0.3, 0.4) is 0 Å². The number of alkyl carbamates (subject to hydrolysis) is 1. The van der Waals surface area contributed by atoms with Crippen molar-refractivity contribution in [2.45, 2.75) is 18.8 Å². The van der Waals surface area contributed by atoms with Crippen molar-refractivity contribution in [3.8, 4) is 11.5 Å². The molecule has 0 fully saturated rings. The molecule has 0 aliphatic rings. The quantitative estimate of drug-likeness (QED) is 0.561. The number of carbonyl (C=O) groups excluding carboxylic acids is 2. The summed E-state index contributed by atoms with van der Waals surface area (Å²) in [4.78, 5) is 22.9. The van der Waals surface area contributed by atoms with Crippen molar-refractivity contribution >= 4 is 12.4 Å². The topological polar surface area (TPSA) is 114 Å². The van der Waals surface area contributed by atoms with Crippen LogP contribution in [-0.4, -0.2) is 49.5 Å². The largest absolute Gasteiger partial charge is 0.496 e. The number of nitrogens with one attached hydrogen (secondary N) is 1. The van der Waals surface area contributed by atoms with Gasteiger partial charge in [-0.1, -0.05) is 30.3 Å². The zero-order chi connectivity index (χ0) is 20.5. The second-order valence-corrected chi connectivity index (χ2v) is 5.91. The van der Waals surface area contributed by atoms with Gasteiger partial charge >= 0.3 is 6.09 Å². The van der Waals surface area contributed by atoms with Crippen molar-refractivity contribution in [2.24, 2.45) is 0 Å². The average Bonchev–Trinajstić information content (AvgIpc) is 2.75. The Bertz CT molecular complexity index is 795. The maximum atomic E-state index is 11.8. The highest BCUT2D eigenvalue weighted by Gasteiger charge is 2.24. The van der Waals surface area contributed by atoms with Gasteiger partial charge in [0.1, 0.15) is 30.3 Å². The molecular weight excluding hydrogens is 366 g/mol. The molecule has 0 radical (unpaired) electrons. The zero-order valence-electron chi connectivity index (χ0n) is 15.6. The number of aliphatic hydroxyl groups is 2. The van der Waals surface area contributed by atoms with Gasteiger partial charge in [-0.15, -0.1) is 0 Å². The van der Waals surface area contributed by atoms with E-state index in [1.165, 1.54) is 26.4 Å². The minimum atomic E-state index is -1.39. The van der Waals surface area contributed by atoms with E-state index in [0.717, 1.165) is 5.56 Å². The molecule has 0 bridgehead atoms. The van der Waals surface area contributed by atoms with Crippen LogP contribution in [0.25, 0.3) is 0 Å². The Kier molecular flexibility index (Phi) is 7.79. The number of amides is 1. The average molecular weight is 389 g/mol. The summed E-state index contributed by atoms with van der Waals surface area (Å²) >= 11 is 0. The molecule has 0 spiro atoms. The summed E-state index contributed by atoms with van der Waals surface area (Å²) in [6, 6.07) is 11.9. The Morgan fingerprint density at radius 3 is 2.39 bits per heavy atom. The third-order valence-electron chi connectivity index (χ3n) is 4.06. The minimum absolute atomic E-state index is 0.0868. The number of carbonyl (C=O) groups is 2. The smallest absolute Gasteiger partial charge is 0.407 e. The van der Waals surface area contributed by atoms with Gasteiger partial charge in [-0.3, -0.25) is 4.79 Å². The first kappa shape index (κ1) is 21.2. The van der Waals surface area contributed by atoms with E-state index in [1.54, 1.807) is 0 Å². The maximum absolute atomic E-state index is 11.8. The third-order valence-corrected chi connectivity index (χ3v) is 4.06. The zero-order valence-corrected chi connectivity index (χ0v) is 15.6. The molecule has 2 atom stereocenters. The number of methoxy groups -OCH3 is 2. The fraction of sp³-hybridized carbons (Fsp3) is 0.300. The van der Waals surface area contributed by atoms with E-state index in [-0.39, 0.29) is 35.8 Å². The molecule has 0 saturated carbocycles. The van der Waals surface area contributed by atoms with Crippen LogP contribution in [0.1, 0.15) is 27.6 Å². The van der Waals surface area contributed by atoms with Crippen molar-refractivity contribution in [3.05, 3.63) is 59.2 Å². The molecule has 150 valence electrons. The first-order valence-electron chi connectivity index (χ1n) is 8.52. The lowest BCUT2D eigenvalue weighted by Gasteiger charge is -2.21. The van der Waals surface area contributed by atoms with E-state index in [4.69, 9.17) is 14.2 Å². The van der Waals surface area contributed by atoms with Crippen molar-refractivity contribution in [3.63, 3.8) is 0 Å². The summed E-state index contributed by atoms with van der Waals surface area (Å²) in [5.41, 5.74) is 1.29. The summed E-state index contributed by atoms with van der Waals surface area (Å²) in [7, 11) is 2.75. The Morgan fingerprint density at radius 2 is 1.79 bits per heavy atom. The van der Waals surface area contributed by atoms with Gasteiger partial charge in [0.05, 0.1) is 19.8 Å². The molecule has 2 unspecified atom stereocenters. The molecule has 3 N–H and O–H groups in total. The molecular formula is C20H23NO7. The number of aldehydes is 1. The minimum Gasteiger partial charge on any atom is -0.496 e. The molecule has 8 nitrogen and oxygen atoms in total. The number of benzene rings is 2. The van der Waals surface area contributed by atoms with Gasteiger partial charge in [0.2, 0.25) is 0 Å². The van der Waals surface area contributed by atoms with Gasteiger partial charge in [-0.05, 0) is 17.7 Å². The molecule has 0 aliphatic heterocycles. The Morgan fingerprint density at radius 1 is 1.11 bits per heavy atom. The van der Waals surface area contributed by atoms with Crippen LogP contribution >= 0.6 is 0 Å². The summed E-state index contributed by atoms with van der Waals surface area (Å²) in [6.07, 6.45) is -2.86. The predicted octanol–water partition coefficient (Wildman–Crippen LogP) is 1.84. The number of aliphatic hydroxyl groups excluding tert-OH is 2. The number of hydrogen-bond donors (Lipinski definition) is 3. The molecule has 0 aliphatic carbocycles. The van der Waals surface area contributed by atoms with Gasteiger partial charge in [-0.25, -0.2) is 4.79 Å². The molecule has 0 saturated heterocycles. The highest BCUT2D eigenvalue weighted by atomic mass is 16.5. The van der Waals surface area contributed by atoms with Crippen LogP contribution < -0.4 is 14.8 Å². The maximum Gasteiger partial charge on any atom is 0.407 e. The molecule has 0 aromatic heterocycles. The fourth-order valence-electron chi connectivity index (χ4n) is 2.55. The first-order chi connectivity index (χ1) is 13.5. The van der Waals surface area contributed by atoms with E-state index in [1.807, 2.05) is 30.3 Å². The van der Waals surface area contributed by atoms with Gasteiger partial charge in [0, 0.05) is 12.1 Å². The van der Waals surface area contributed by atoms with E-state index in [0.29, 0.717) is 6.29 Å². The van der Waals surface area contributed by atoms with Crippen molar-refractivity contribution in [1.82, 2.24) is 5.32 Å². The summed E-state index contributed by atoms with van der Waals surface area (Å²) in [6.45, 7) is -0.167. The molecule has 0 heterocycles. The first-order valence-corrected chi connectivity index (χ1v) is 8.52. The van der Waals surface area contributed by atoms with Crippen molar-refractivity contribution in [2.75, 3.05) is 20.8 Å². The second kappa shape index (κ2) is 10.3. The van der Waals surface area contributed by atoms with E-state index >= 15 is 0 Å². The number of ether oxygens (including phenoxy) is 3. The summed E-state index contributed by atoms with van der Waals surface area (Å²) in [5.74, 6) is 0.438. The standard InChI is InChI=1S/C20H23NO7/c1-26-17-9-15(18(27-2)8-14(17)11-22)19(24)16(23)10-21-20(25)28-12-13-6-4-3-5-7-13/h3-9,11,16,19,23-24H,10,12H2,1-2H3,(H,21,25). The lowest BCUT2D eigenvalue weighted by molar-refractivity contribution is 0.0170. The molecule has 8 heteroatoms. The highest BCUT2D eigenvalue weighted by molar-refractivity contribution is 5.80. The van der Waals surface area contributed by atoms with Crippen LogP contribution in [0, 0.1) is 0 Å². The Labute approximate surface area is 162 Å². The number of rotatable bonds is 9. The normalized spacial score (nSPS) is 12.6. The van der Waals surface area contributed by atoms with Crippen molar-refractivity contribution in [1.29, 1.82) is 0 Å². The monoisotopic (exact) mass is 389 g/mol. The predicted molar refractivity (Wildman–Crippen MR) is 101 cm³/mol. The summed E-state index contributed by atoms with van der Waals surface area (Å²) in [5, 5.41) is 23.1. The SMILES string of the molecule is COc1cc(C(O)C(O)CNC(=O)OCc2ccccc2)c(OC)cc1C=O. The van der Waals surface area contributed by atoms with Crippen LogP contribution in [0.4, 0.5) is 4.79 Å². The third kappa shape index (κ3) is 5.45. The fourth-order valence-corrected chi connectivity index (χ4v) is 2.55. The van der Waals surface area contributed by atoms with Crippen molar-refractivity contribution < 1.29 is 34.0 Å². The molecule has 2 rings (SSSR count). The molecule has 2 aromatic rings. The van der Waals surface area contributed by atoms with E-state index < -0.39 is 18.3 Å². The summed E-state index contributed by atoms with van der Waals surface area (Å²) < 4.78 is 15.3. The van der Waals surface area contributed by atoms with Gasteiger partial charge in [-0.2, -0.15) is 0 Å². The molecule has 2 aromatic carbocycles.